The van der Waals surface area contributed by atoms with Gasteiger partial charge in [-0.3, -0.25) is 9.58 Å². The molecule has 2 aromatic rings. The van der Waals surface area contributed by atoms with Crippen molar-refractivity contribution in [3.63, 3.8) is 0 Å². The van der Waals surface area contributed by atoms with Crippen LogP contribution in [0.2, 0.25) is 0 Å². The number of nitrogens with two attached hydrogens (primary N) is 1. The Morgan fingerprint density at radius 2 is 2.16 bits per heavy atom. The molecule has 0 saturated heterocycles. The highest BCUT2D eigenvalue weighted by molar-refractivity contribution is 5.32. The second-order valence-corrected chi connectivity index (χ2v) is 5.15. The lowest BCUT2D eigenvalue weighted by molar-refractivity contribution is 0.178. The lowest BCUT2D eigenvalue weighted by Crippen LogP contribution is -2.38. The predicted octanol–water partition coefficient (Wildman–Crippen LogP) is 1.48. The van der Waals surface area contributed by atoms with Crippen LogP contribution in [0.1, 0.15) is 22.9 Å². The average molecular weight is 256 g/mol. The molecule has 0 aliphatic carbocycles. The van der Waals surface area contributed by atoms with Crippen molar-refractivity contribution in [2.24, 2.45) is 12.8 Å². The first-order chi connectivity index (χ1) is 9.28. The van der Waals surface area contributed by atoms with Crippen LogP contribution in [0.5, 0.6) is 0 Å². The molecule has 1 atom stereocenters. The summed E-state index contributed by atoms with van der Waals surface area (Å²) in [7, 11) is 1.95. The quantitative estimate of drug-likeness (QED) is 0.905. The SMILES string of the molecule is Cn1ccc(CN2CCc3ccccc3C2CN)n1. The van der Waals surface area contributed by atoms with Crippen LogP contribution >= 0.6 is 0 Å². The summed E-state index contributed by atoms with van der Waals surface area (Å²) in [5.74, 6) is 0. The second kappa shape index (κ2) is 5.15. The lowest BCUT2D eigenvalue weighted by Gasteiger charge is -2.36. The van der Waals surface area contributed by atoms with E-state index in [2.05, 4.69) is 40.3 Å². The van der Waals surface area contributed by atoms with Crippen LogP contribution in [-0.4, -0.2) is 27.8 Å². The zero-order valence-electron chi connectivity index (χ0n) is 11.3. The van der Waals surface area contributed by atoms with Crippen LogP contribution in [0.15, 0.2) is 36.5 Å². The van der Waals surface area contributed by atoms with Gasteiger partial charge < -0.3 is 5.73 Å². The highest BCUT2D eigenvalue weighted by atomic mass is 15.3. The van der Waals surface area contributed by atoms with Gasteiger partial charge in [0.15, 0.2) is 0 Å². The molecule has 0 radical (unpaired) electrons. The van der Waals surface area contributed by atoms with Crippen LogP contribution in [0.25, 0.3) is 0 Å². The minimum atomic E-state index is 0.312. The first-order valence-corrected chi connectivity index (χ1v) is 6.78. The average Bonchev–Trinajstić information content (AvgIpc) is 2.84. The van der Waals surface area contributed by atoms with Crippen molar-refractivity contribution in [1.29, 1.82) is 0 Å². The number of nitrogens with zero attached hydrogens (tertiary/aromatic N) is 3. The number of hydrogen-bond donors (Lipinski definition) is 1. The van der Waals surface area contributed by atoms with Gasteiger partial charge in [-0.05, 0) is 23.6 Å². The summed E-state index contributed by atoms with van der Waals surface area (Å²) in [5, 5.41) is 4.46. The van der Waals surface area contributed by atoms with Gasteiger partial charge in [0.05, 0.1) is 5.69 Å². The largest absolute Gasteiger partial charge is 0.329 e. The standard InChI is InChI=1S/C15H20N4/c1-18-8-7-13(17-18)11-19-9-6-12-4-2-3-5-14(12)15(19)10-16/h2-5,7-8,15H,6,9-11,16H2,1H3. The van der Waals surface area contributed by atoms with Crippen molar-refractivity contribution in [3.8, 4) is 0 Å². The molecule has 0 saturated carbocycles. The van der Waals surface area contributed by atoms with E-state index >= 15 is 0 Å². The Hall–Kier alpha value is -1.65. The van der Waals surface area contributed by atoms with E-state index in [1.54, 1.807) is 0 Å². The van der Waals surface area contributed by atoms with Crippen molar-refractivity contribution >= 4 is 0 Å². The van der Waals surface area contributed by atoms with Gasteiger partial charge >= 0.3 is 0 Å². The summed E-state index contributed by atoms with van der Waals surface area (Å²) in [6.07, 6.45) is 3.09. The molecule has 0 amide bonds. The monoisotopic (exact) mass is 256 g/mol. The number of aromatic nitrogens is 2. The van der Waals surface area contributed by atoms with Gasteiger partial charge in [0.2, 0.25) is 0 Å². The van der Waals surface area contributed by atoms with Crippen LogP contribution in [-0.2, 0) is 20.0 Å². The Labute approximate surface area is 113 Å². The maximum absolute atomic E-state index is 6.00. The summed E-state index contributed by atoms with van der Waals surface area (Å²) in [6.45, 7) is 2.58. The normalized spacial score (nSPS) is 19.4. The zero-order chi connectivity index (χ0) is 13.2. The van der Waals surface area contributed by atoms with E-state index in [1.165, 1.54) is 11.1 Å². The van der Waals surface area contributed by atoms with Gasteiger partial charge in [-0.1, -0.05) is 24.3 Å². The molecule has 2 heterocycles. The van der Waals surface area contributed by atoms with Gasteiger partial charge in [0.25, 0.3) is 0 Å². The van der Waals surface area contributed by atoms with E-state index in [0.717, 1.165) is 25.2 Å². The smallest absolute Gasteiger partial charge is 0.0764 e. The van der Waals surface area contributed by atoms with Crippen LogP contribution in [0.3, 0.4) is 0 Å². The number of fused-ring (bicyclic) bond motifs is 1. The molecule has 3 rings (SSSR count). The van der Waals surface area contributed by atoms with Crippen molar-refractivity contribution in [2.75, 3.05) is 13.1 Å². The van der Waals surface area contributed by atoms with Gasteiger partial charge in [0.1, 0.15) is 0 Å². The summed E-state index contributed by atoms with van der Waals surface area (Å²) < 4.78 is 1.85. The second-order valence-electron chi connectivity index (χ2n) is 5.15. The highest BCUT2D eigenvalue weighted by Crippen LogP contribution is 2.29. The molecular formula is C15H20N4. The lowest BCUT2D eigenvalue weighted by atomic mass is 9.92. The fourth-order valence-electron chi connectivity index (χ4n) is 2.92. The summed E-state index contributed by atoms with van der Waals surface area (Å²) in [5.41, 5.74) is 9.93. The van der Waals surface area contributed by atoms with Crippen LogP contribution < -0.4 is 5.73 Å². The molecule has 100 valence electrons. The number of rotatable bonds is 3. The van der Waals surface area contributed by atoms with Crippen LogP contribution in [0, 0.1) is 0 Å². The first-order valence-electron chi connectivity index (χ1n) is 6.78. The third kappa shape index (κ3) is 2.41. The Morgan fingerprint density at radius 1 is 1.32 bits per heavy atom. The molecule has 1 aromatic carbocycles. The maximum atomic E-state index is 6.00. The number of benzene rings is 1. The third-order valence-corrected chi connectivity index (χ3v) is 3.88. The predicted molar refractivity (Wildman–Crippen MR) is 75.6 cm³/mol. The Kier molecular flexibility index (Phi) is 3.36. The summed E-state index contributed by atoms with van der Waals surface area (Å²) in [4.78, 5) is 2.44. The van der Waals surface area contributed by atoms with Gasteiger partial charge in [-0.25, -0.2) is 0 Å². The van der Waals surface area contributed by atoms with Crippen molar-refractivity contribution in [2.45, 2.75) is 19.0 Å². The molecule has 1 unspecified atom stereocenters. The molecule has 4 nitrogen and oxygen atoms in total. The first kappa shape index (κ1) is 12.4. The van der Waals surface area contributed by atoms with E-state index in [9.17, 15) is 0 Å². The molecule has 4 heteroatoms. The molecule has 0 fully saturated rings. The fraction of sp³-hybridized carbons (Fsp3) is 0.400. The molecular weight excluding hydrogens is 236 g/mol. The Balaban J connectivity index is 1.84. The number of hydrogen-bond acceptors (Lipinski definition) is 3. The van der Waals surface area contributed by atoms with Gasteiger partial charge in [-0.2, -0.15) is 5.10 Å². The molecule has 1 aromatic heterocycles. The molecule has 1 aliphatic rings. The molecule has 0 spiro atoms. The van der Waals surface area contributed by atoms with Gasteiger partial charge in [-0.15, -0.1) is 0 Å². The number of aryl methyl sites for hydroxylation is 1. The van der Waals surface area contributed by atoms with Crippen LogP contribution in [0.4, 0.5) is 0 Å². The van der Waals surface area contributed by atoms with E-state index in [-0.39, 0.29) is 0 Å². The van der Waals surface area contributed by atoms with Crippen molar-refractivity contribution in [1.82, 2.24) is 14.7 Å². The fourth-order valence-corrected chi connectivity index (χ4v) is 2.92. The molecule has 2 N–H and O–H groups in total. The van der Waals surface area contributed by atoms with Crippen molar-refractivity contribution < 1.29 is 0 Å². The maximum Gasteiger partial charge on any atom is 0.0764 e. The molecule has 19 heavy (non-hydrogen) atoms. The topological polar surface area (TPSA) is 47.1 Å². The minimum absolute atomic E-state index is 0.312. The zero-order valence-corrected chi connectivity index (χ0v) is 11.3. The molecule has 1 aliphatic heterocycles. The minimum Gasteiger partial charge on any atom is -0.329 e. The molecule has 0 bridgehead atoms. The van der Waals surface area contributed by atoms with E-state index < -0.39 is 0 Å². The third-order valence-electron chi connectivity index (χ3n) is 3.88. The summed E-state index contributed by atoms with van der Waals surface area (Å²) in [6, 6.07) is 11.0. The van der Waals surface area contributed by atoms with E-state index in [4.69, 9.17) is 5.73 Å². The highest BCUT2D eigenvalue weighted by Gasteiger charge is 2.26. The van der Waals surface area contributed by atoms with Crippen molar-refractivity contribution in [3.05, 3.63) is 53.3 Å². The Morgan fingerprint density at radius 3 is 2.89 bits per heavy atom. The summed E-state index contributed by atoms with van der Waals surface area (Å²) >= 11 is 0. The van der Waals surface area contributed by atoms with E-state index in [1.807, 2.05) is 17.9 Å². The van der Waals surface area contributed by atoms with Gasteiger partial charge in [0, 0.05) is 38.9 Å². The van der Waals surface area contributed by atoms with E-state index in [0.29, 0.717) is 12.6 Å². The Bertz CT molecular complexity index is 561.